The van der Waals surface area contributed by atoms with E-state index in [1.807, 2.05) is 0 Å². The summed E-state index contributed by atoms with van der Waals surface area (Å²) < 4.78 is 0. The summed E-state index contributed by atoms with van der Waals surface area (Å²) in [5, 5.41) is 3.74. The van der Waals surface area contributed by atoms with Gasteiger partial charge in [-0.2, -0.15) is 0 Å². The fourth-order valence-electron chi connectivity index (χ4n) is 4.17. The molecule has 18 heavy (non-hydrogen) atoms. The van der Waals surface area contributed by atoms with E-state index in [2.05, 4.69) is 43.4 Å². The van der Waals surface area contributed by atoms with Crippen molar-refractivity contribution < 1.29 is 0 Å². The third-order valence-corrected chi connectivity index (χ3v) is 4.94. The van der Waals surface area contributed by atoms with E-state index in [-0.39, 0.29) is 0 Å². The van der Waals surface area contributed by atoms with Crippen molar-refractivity contribution in [2.45, 2.75) is 45.6 Å². The normalized spacial score (nSPS) is 31.1. The molecule has 2 fully saturated rings. The first-order valence-corrected chi connectivity index (χ1v) is 7.58. The Morgan fingerprint density at radius 2 is 2.06 bits per heavy atom. The maximum atomic E-state index is 3.74. The summed E-state index contributed by atoms with van der Waals surface area (Å²) in [5.74, 6) is 3.08. The van der Waals surface area contributed by atoms with Crippen molar-refractivity contribution in [2.24, 2.45) is 17.8 Å². The molecule has 0 amide bonds. The lowest BCUT2D eigenvalue weighted by atomic mass is 9.96. The zero-order valence-corrected chi connectivity index (χ0v) is 11.7. The van der Waals surface area contributed by atoms with Gasteiger partial charge in [-0.15, -0.1) is 0 Å². The largest absolute Gasteiger partial charge is 0.314 e. The molecule has 0 bridgehead atoms. The highest BCUT2D eigenvalue weighted by atomic mass is 14.9. The van der Waals surface area contributed by atoms with Crippen LogP contribution < -0.4 is 5.32 Å². The molecular weight excluding hydrogens is 218 g/mol. The molecule has 3 atom stereocenters. The molecule has 1 aromatic carbocycles. The van der Waals surface area contributed by atoms with E-state index < -0.39 is 0 Å². The average molecular weight is 243 g/mol. The van der Waals surface area contributed by atoms with Gasteiger partial charge in [0.15, 0.2) is 0 Å². The molecular formula is C17H25N. The Hall–Kier alpha value is -0.820. The van der Waals surface area contributed by atoms with Crippen LogP contribution in [-0.2, 0) is 6.42 Å². The van der Waals surface area contributed by atoms with Crippen LogP contribution in [0.25, 0.3) is 0 Å². The number of aryl methyl sites for hydroxylation is 1. The van der Waals surface area contributed by atoms with Crippen LogP contribution in [-0.4, -0.2) is 12.6 Å². The second-order valence-electron chi connectivity index (χ2n) is 6.19. The van der Waals surface area contributed by atoms with E-state index in [0.29, 0.717) is 6.04 Å². The summed E-state index contributed by atoms with van der Waals surface area (Å²) >= 11 is 0. The van der Waals surface area contributed by atoms with Crippen molar-refractivity contribution in [3.63, 3.8) is 0 Å². The van der Waals surface area contributed by atoms with E-state index in [9.17, 15) is 0 Å². The Kier molecular flexibility index (Phi) is 3.43. The Labute approximate surface area is 111 Å². The maximum Gasteiger partial charge on any atom is 0.0141 e. The molecule has 3 rings (SSSR count). The van der Waals surface area contributed by atoms with Crippen LogP contribution in [0, 0.1) is 24.7 Å². The lowest BCUT2D eigenvalue weighted by Gasteiger charge is -2.20. The van der Waals surface area contributed by atoms with Crippen molar-refractivity contribution in [1.29, 1.82) is 0 Å². The highest BCUT2D eigenvalue weighted by molar-refractivity contribution is 5.24. The van der Waals surface area contributed by atoms with Crippen LogP contribution in [0.3, 0.4) is 0 Å². The minimum absolute atomic E-state index is 0.715. The first kappa shape index (κ1) is 12.2. The first-order chi connectivity index (χ1) is 8.79. The average Bonchev–Trinajstić information content (AvgIpc) is 2.81. The van der Waals surface area contributed by atoms with Crippen LogP contribution in [0.5, 0.6) is 0 Å². The summed E-state index contributed by atoms with van der Waals surface area (Å²) in [5.41, 5.74) is 2.89. The van der Waals surface area contributed by atoms with Gasteiger partial charge in [0.25, 0.3) is 0 Å². The van der Waals surface area contributed by atoms with Gasteiger partial charge in [-0.3, -0.25) is 0 Å². The molecule has 98 valence electrons. The molecule has 1 N–H and O–H groups in total. The molecule has 2 saturated carbocycles. The lowest BCUT2D eigenvalue weighted by molar-refractivity contribution is 0.411. The van der Waals surface area contributed by atoms with E-state index >= 15 is 0 Å². The molecule has 3 unspecified atom stereocenters. The van der Waals surface area contributed by atoms with Crippen LogP contribution in [0.15, 0.2) is 24.3 Å². The number of rotatable bonds is 5. The second-order valence-corrected chi connectivity index (χ2v) is 6.19. The fraction of sp³-hybridized carbons (Fsp3) is 0.647. The van der Waals surface area contributed by atoms with Crippen molar-refractivity contribution in [1.82, 2.24) is 5.32 Å². The molecule has 0 aromatic heterocycles. The zero-order chi connectivity index (χ0) is 12.5. The maximum absolute atomic E-state index is 3.74. The van der Waals surface area contributed by atoms with E-state index in [0.717, 1.165) is 24.3 Å². The standard InChI is InChI=1S/C17H25N/c1-3-18-16(17-14-8-5-9-15(14)17)11-13-7-4-6-12(2)10-13/h4,6-7,10,14-18H,3,5,8-9,11H2,1-2H3. The van der Waals surface area contributed by atoms with Gasteiger partial charge < -0.3 is 5.32 Å². The third-order valence-electron chi connectivity index (χ3n) is 4.94. The molecule has 0 radical (unpaired) electrons. The molecule has 2 aliphatic carbocycles. The number of likely N-dealkylation sites (N-methyl/N-ethyl adjacent to an activating group) is 1. The van der Waals surface area contributed by atoms with Gasteiger partial charge in [0.2, 0.25) is 0 Å². The van der Waals surface area contributed by atoms with Gasteiger partial charge in [0, 0.05) is 6.04 Å². The predicted molar refractivity (Wildman–Crippen MR) is 76.7 cm³/mol. The van der Waals surface area contributed by atoms with Gasteiger partial charge in [0.1, 0.15) is 0 Å². The Morgan fingerprint density at radius 3 is 2.72 bits per heavy atom. The SMILES string of the molecule is CCNC(Cc1cccc(C)c1)C1C2CCCC21. The van der Waals surface area contributed by atoms with Gasteiger partial charge in [-0.1, -0.05) is 43.2 Å². The molecule has 1 heteroatoms. The monoisotopic (exact) mass is 243 g/mol. The number of hydrogen-bond acceptors (Lipinski definition) is 1. The smallest absolute Gasteiger partial charge is 0.0141 e. The summed E-state index contributed by atoms with van der Waals surface area (Å²) in [4.78, 5) is 0. The lowest BCUT2D eigenvalue weighted by Crippen LogP contribution is -2.34. The molecule has 0 heterocycles. The van der Waals surface area contributed by atoms with Crippen LogP contribution in [0.2, 0.25) is 0 Å². The van der Waals surface area contributed by atoms with Crippen LogP contribution in [0.4, 0.5) is 0 Å². The molecule has 0 aliphatic heterocycles. The van der Waals surface area contributed by atoms with E-state index in [4.69, 9.17) is 0 Å². The van der Waals surface area contributed by atoms with E-state index in [1.54, 1.807) is 0 Å². The van der Waals surface area contributed by atoms with Crippen LogP contribution in [0.1, 0.15) is 37.3 Å². The highest BCUT2D eigenvalue weighted by Crippen LogP contribution is 2.59. The molecule has 1 aromatic rings. The van der Waals surface area contributed by atoms with Gasteiger partial charge in [0.05, 0.1) is 0 Å². The topological polar surface area (TPSA) is 12.0 Å². The Bertz CT molecular complexity index is 402. The highest BCUT2D eigenvalue weighted by Gasteiger charge is 2.55. The first-order valence-electron chi connectivity index (χ1n) is 7.58. The number of fused-ring (bicyclic) bond motifs is 1. The van der Waals surface area contributed by atoms with Crippen LogP contribution >= 0.6 is 0 Å². The third kappa shape index (κ3) is 2.33. The summed E-state index contributed by atoms with van der Waals surface area (Å²) in [6.45, 7) is 5.53. The summed E-state index contributed by atoms with van der Waals surface area (Å²) in [6.07, 6.45) is 5.68. The molecule has 1 nitrogen and oxygen atoms in total. The van der Waals surface area contributed by atoms with E-state index in [1.165, 1.54) is 36.8 Å². The van der Waals surface area contributed by atoms with Crippen molar-refractivity contribution in [2.75, 3.05) is 6.54 Å². The Balaban J connectivity index is 1.67. The minimum atomic E-state index is 0.715. The van der Waals surface area contributed by atoms with Crippen molar-refractivity contribution in [3.8, 4) is 0 Å². The van der Waals surface area contributed by atoms with Crippen molar-refractivity contribution >= 4 is 0 Å². The minimum Gasteiger partial charge on any atom is -0.314 e. The van der Waals surface area contributed by atoms with Crippen molar-refractivity contribution in [3.05, 3.63) is 35.4 Å². The number of hydrogen-bond donors (Lipinski definition) is 1. The Morgan fingerprint density at radius 1 is 1.28 bits per heavy atom. The van der Waals surface area contributed by atoms with Gasteiger partial charge in [-0.05, 0) is 56.0 Å². The fourth-order valence-corrected chi connectivity index (χ4v) is 4.17. The molecule has 0 spiro atoms. The summed E-state index contributed by atoms with van der Waals surface area (Å²) in [6, 6.07) is 9.74. The quantitative estimate of drug-likeness (QED) is 0.834. The zero-order valence-electron chi connectivity index (χ0n) is 11.7. The number of benzene rings is 1. The second kappa shape index (κ2) is 5.05. The van der Waals surface area contributed by atoms with Gasteiger partial charge in [-0.25, -0.2) is 0 Å². The van der Waals surface area contributed by atoms with Gasteiger partial charge >= 0.3 is 0 Å². The summed E-state index contributed by atoms with van der Waals surface area (Å²) in [7, 11) is 0. The molecule has 2 aliphatic rings. The number of nitrogens with one attached hydrogen (secondary N) is 1. The molecule has 0 saturated heterocycles. The predicted octanol–water partition coefficient (Wildman–Crippen LogP) is 3.56.